The van der Waals surface area contributed by atoms with E-state index in [1.807, 2.05) is 37.3 Å². The second-order valence-corrected chi connectivity index (χ2v) is 5.93. The van der Waals surface area contributed by atoms with Gasteiger partial charge in [-0.1, -0.05) is 59.2 Å². The molecule has 2 aromatic carbocycles. The molecule has 0 unspecified atom stereocenters. The predicted octanol–water partition coefficient (Wildman–Crippen LogP) is 4.58. The molecule has 25 heavy (non-hydrogen) atoms. The van der Waals surface area contributed by atoms with Crippen LogP contribution in [0.25, 0.3) is 0 Å². The maximum atomic E-state index is 13.0. The minimum atomic E-state index is -0.269. The van der Waals surface area contributed by atoms with E-state index in [1.165, 1.54) is 12.1 Å². The van der Waals surface area contributed by atoms with E-state index in [1.54, 1.807) is 23.0 Å². The fourth-order valence-electron chi connectivity index (χ4n) is 2.36. The maximum Gasteiger partial charge on any atom is 0.142 e. The molecular formula is C19H17ClFN3O. The van der Waals surface area contributed by atoms with Crippen LogP contribution in [-0.4, -0.2) is 16.0 Å². The maximum absolute atomic E-state index is 13.0. The van der Waals surface area contributed by atoms with Gasteiger partial charge in [0.1, 0.15) is 17.6 Å². The molecular weight excluding hydrogens is 341 g/mol. The van der Waals surface area contributed by atoms with Gasteiger partial charge in [0, 0.05) is 0 Å². The Balaban J connectivity index is 1.66. The van der Waals surface area contributed by atoms with Gasteiger partial charge in [-0.2, -0.15) is 5.10 Å². The molecule has 128 valence electrons. The van der Waals surface area contributed by atoms with Gasteiger partial charge in [-0.05, 0) is 30.2 Å². The summed E-state index contributed by atoms with van der Waals surface area (Å²) in [5, 5.41) is 8.85. The molecule has 3 rings (SSSR count). The topological polar surface area (TPSA) is 39.4 Å². The number of aromatic nitrogens is 2. The lowest BCUT2D eigenvalue weighted by Gasteiger charge is -2.03. The van der Waals surface area contributed by atoms with E-state index in [-0.39, 0.29) is 5.82 Å². The van der Waals surface area contributed by atoms with E-state index in [9.17, 15) is 4.39 Å². The molecule has 4 nitrogen and oxygen atoms in total. The molecule has 0 radical (unpaired) electrons. The summed E-state index contributed by atoms with van der Waals surface area (Å²) in [6.07, 6.45) is 1.56. The van der Waals surface area contributed by atoms with Crippen LogP contribution >= 0.6 is 11.6 Å². The molecule has 1 aromatic heterocycles. The average molecular weight is 358 g/mol. The third-order valence-electron chi connectivity index (χ3n) is 3.69. The number of hydrogen-bond donors (Lipinski definition) is 0. The molecule has 0 N–H and O–H groups in total. The van der Waals surface area contributed by atoms with Gasteiger partial charge >= 0.3 is 0 Å². The van der Waals surface area contributed by atoms with Crippen molar-refractivity contribution < 1.29 is 9.23 Å². The van der Waals surface area contributed by atoms with Gasteiger partial charge < -0.3 is 4.84 Å². The quantitative estimate of drug-likeness (QED) is 0.478. The molecule has 0 spiro atoms. The second kappa shape index (κ2) is 7.94. The summed E-state index contributed by atoms with van der Waals surface area (Å²) >= 11 is 6.39. The summed E-state index contributed by atoms with van der Waals surface area (Å²) < 4.78 is 14.6. The summed E-state index contributed by atoms with van der Waals surface area (Å²) in [6, 6.07) is 16.0. The molecule has 0 saturated heterocycles. The molecule has 3 aromatic rings. The van der Waals surface area contributed by atoms with E-state index in [4.69, 9.17) is 16.4 Å². The monoisotopic (exact) mass is 357 g/mol. The zero-order valence-electron chi connectivity index (χ0n) is 13.7. The molecule has 0 amide bonds. The van der Waals surface area contributed by atoms with Crippen LogP contribution in [0.1, 0.15) is 22.4 Å². The Kier molecular flexibility index (Phi) is 5.46. The van der Waals surface area contributed by atoms with Crippen LogP contribution in [0, 0.1) is 12.7 Å². The Morgan fingerprint density at radius 2 is 1.84 bits per heavy atom. The number of nitrogens with zero attached hydrogens (tertiary/aromatic N) is 3. The van der Waals surface area contributed by atoms with Crippen LogP contribution in [0.3, 0.4) is 0 Å². The first-order valence-electron chi connectivity index (χ1n) is 7.80. The lowest BCUT2D eigenvalue weighted by Crippen LogP contribution is -2.02. The fraction of sp³-hybridized carbons (Fsp3) is 0.158. The van der Waals surface area contributed by atoms with Crippen molar-refractivity contribution >= 4 is 17.8 Å². The van der Waals surface area contributed by atoms with Crippen LogP contribution in [-0.2, 0) is 18.0 Å². The highest BCUT2D eigenvalue weighted by atomic mass is 35.5. The van der Waals surface area contributed by atoms with Crippen molar-refractivity contribution in [3.8, 4) is 0 Å². The van der Waals surface area contributed by atoms with E-state index >= 15 is 0 Å². The van der Waals surface area contributed by atoms with E-state index in [0.29, 0.717) is 23.9 Å². The number of halogens is 2. The highest BCUT2D eigenvalue weighted by Crippen LogP contribution is 2.19. The molecule has 0 saturated carbocycles. The zero-order chi connectivity index (χ0) is 17.6. The van der Waals surface area contributed by atoms with E-state index in [2.05, 4.69) is 10.3 Å². The van der Waals surface area contributed by atoms with E-state index < -0.39 is 0 Å². The average Bonchev–Trinajstić information content (AvgIpc) is 2.88. The largest absolute Gasteiger partial charge is 0.391 e. The van der Waals surface area contributed by atoms with E-state index in [0.717, 1.165) is 16.8 Å². The Hall–Kier alpha value is -2.66. The van der Waals surface area contributed by atoms with Gasteiger partial charge in [-0.15, -0.1) is 0 Å². The van der Waals surface area contributed by atoms with Crippen LogP contribution in [0.4, 0.5) is 4.39 Å². The lowest BCUT2D eigenvalue weighted by atomic mass is 10.2. The minimum absolute atomic E-state index is 0.269. The standard InChI is InChI=1S/C19H17ClFN3O/c1-14-18(11-22-25-13-16-5-3-2-4-6-16)19(20)24(23-14)12-15-7-9-17(21)10-8-15/h2-11H,12-13H2,1H3/b22-11+. The van der Waals surface area contributed by atoms with Crippen molar-refractivity contribution in [2.24, 2.45) is 5.16 Å². The van der Waals surface area contributed by atoms with Gasteiger partial charge in [-0.3, -0.25) is 0 Å². The zero-order valence-corrected chi connectivity index (χ0v) is 14.4. The second-order valence-electron chi connectivity index (χ2n) is 5.57. The third kappa shape index (κ3) is 4.45. The number of rotatable bonds is 6. The van der Waals surface area contributed by atoms with Crippen LogP contribution < -0.4 is 0 Å². The molecule has 1 heterocycles. The number of hydrogen-bond acceptors (Lipinski definition) is 3. The first-order valence-corrected chi connectivity index (χ1v) is 8.18. The van der Waals surface area contributed by atoms with Crippen molar-refractivity contribution in [2.45, 2.75) is 20.1 Å². The smallest absolute Gasteiger partial charge is 0.142 e. The normalized spacial score (nSPS) is 11.2. The Labute approximate surface area is 150 Å². The van der Waals surface area contributed by atoms with Crippen LogP contribution in [0.2, 0.25) is 5.15 Å². The number of aryl methyl sites for hydroxylation is 1. The molecule has 0 aliphatic carbocycles. The predicted molar refractivity (Wildman–Crippen MR) is 96.3 cm³/mol. The molecule has 0 fully saturated rings. The number of oxime groups is 1. The first kappa shape index (κ1) is 17.2. The summed E-state index contributed by atoms with van der Waals surface area (Å²) in [5.74, 6) is -0.269. The summed E-state index contributed by atoms with van der Waals surface area (Å²) in [6.45, 7) is 2.70. The third-order valence-corrected chi connectivity index (χ3v) is 4.08. The molecule has 0 aliphatic heterocycles. The Morgan fingerprint density at radius 1 is 1.12 bits per heavy atom. The molecule has 0 bridgehead atoms. The fourth-order valence-corrected chi connectivity index (χ4v) is 2.64. The summed E-state index contributed by atoms with van der Waals surface area (Å²) in [5.41, 5.74) is 3.40. The van der Waals surface area contributed by atoms with Gasteiger partial charge in [0.15, 0.2) is 0 Å². The Morgan fingerprint density at radius 3 is 2.56 bits per heavy atom. The summed E-state index contributed by atoms with van der Waals surface area (Å²) in [4.78, 5) is 5.31. The first-order chi connectivity index (χ1) is 12.1. The van der Waals surface area contributed by atoms with Gasteiger partial charge in [0.2, 0.25) is 0 Å². The van der Waals surface area contributed by atoms with Gasteiger partial charge in [0.05, 0.1) is 24.0 Å². The molecule has 0 aliphatic rings. The van der Waals surface area contributed by atoms with Crippen LogP contribution in [0.15, 0.2) is 59.8 Å². The van der Waals surface area contributed by atoms with Crippen molar-refractivity contribution in [1.82, 2.24) is 9.78 Å². The van der Waals surface area contributed by atoms with Crippen LogP contribution in [0.5, 0.6) is 0 Å². The van der Waals surface area contributed by atoms with Crippen molar-refractivity contribution in [3.05, 3.63) is 88.0 Å². The highest BCUT2D eigenvalue weighted by molar-refractivity contribution is 6.32. The van der Waals surface area contributed by atoms with Crippen molar-refractivity contribution in [2.75, 3.05) is 0 Å². The molecule has 0 atom stereocenters. The van der Waals surface area contributed by atoms with Crippen molar-refractivity contribution in [3.63, 3.8) is 0 Å². The van der Waals surface area contributed by atoms with Crippen molar-refractivity contribution in [1.29, 1.82) is 0 Å². The lowest BCUT2D eigenvalue weighted by molar-refractivity contribution is 0.132. The minimum Gasteiger partial charge on any atom is -0.391 e. The highest BCUT2D eigenvalue weighted by Gasteiger charge is 2.12. The SMILES string of the molecule is Cc1nn(Cc2ccc(F)cc2)c(Cl)c1/C=N/OCc1ccccc1. The Bertz CT molecular complexity index is 860. The summed E-state index contributed by atoms with van der Waals surface area (Å²) in [7, 11) is 0. The van der Waals surface area contributed by atoms with Gasteiger partial charge in [-0.25, -0.2) is 9.07 Å². The van der Waals surface area contributed by atoms with Gasteiger partial charge in [0.25, 0.3) is 0 Å². The molecule has 6 heteroatoms. The number of benzene rings is 2.